The summed E-state index contributed by atoms with van der Waals surface area (Å²) in [4.78, 5) is 36.6. The van der Waals surface area contributed by atoms with Crippen molar-refractivity contribution in [3.05, 3.63) is 93.4 Å². The molecule has 3 aromatic rings. The number of hydrogen-bond acceptors (Lipinski definition) is 5. The lowest BCUT2D eigenvalue weighted by molar-refractivity contribution is -0.136. The van der Waals surface area contributed by atoms with Crippen LogP contribution in [0, 0.1) is 27.7 Å². The van der Waals surface area contributed by atoms with E-state index < -0.39 is 11.2 Å². The first-order valence-electron chi connectivity index (χ1n) is 11.6. The molecule has 36 heavy (non-hydrogen) atoms. The van der Waals surface area contributed by atoms with Crippen molar-refractivity contribution in [3.63, 3.8) is 0 Å². The Bertz CT molecular complexity index is 1250. The van der Waals surface area contributed by atoms with Crippen molar-refractivity contribution in [1.29, 1.82) is 0 Å². The van der Waals surface area contributed by atoms with Gasteiger partial charge in [0.15, 0.2) is 6.29 Å². The standard InChI is InChI=1S/C29H30N2O4S/c1-19-5-11-26(21(3)15-19)31(27-12-6-20(2)16-22(27)4)24-9-7-23(8-10-24)17-25(18-32)36-29(35)30-14-13-28(33)34/h5-12,15-18H,13-14H2,1-4H3,(H,30,35)(H,33,34)/b25-17+. The van der Waals surface area contributed by atoms with E-state index in [1.807, 2.05) is 24.3 Å². The lowest BCUT2D eigenvalue weighted by Gasteiger charge is -2.29. The average molecular weight is 503 g/mol. The van der Waals surface area contributed by atoms with E-state index in [4.69, 9.17) is 5.11 Å². The smallest absolute Gasteiger partial charge is 0.305 e. The van der Waals surface area contributed by atoms with Crippen LogP contribution >= 0.6 is 11.8 Å². The van der Waals surface area contributed by atoms with Crippen LogP contribution in [0.15, 0.2) is 65.6 Å². The quantitative estimate of drug-likeness (QED) is 0.246. The highest BCUT2D eigenvalue weighted by Crippen LogP contribution is 2.39. The zero-order valence-electron chi connectivity index (χ0n) is 20.9. The molecule has 0 heterocycles. The number of carboxylic acids is 1. The molecule has 0 radical (unpaired) electrons. The Morgan fingerprint density at radius 3 is 1.92 bits per heavy atom. The fraction of sp³-hybridized carbons (Fsp3) is 0.207. The number of aldehydes is 1. The number of amides is 1. The molecule has 0 unspecified atom stereocenters. The number of carboxylic acid groups (broad SMARTS) is 1. The Balaban J connectivity index is 1.90. The number of thioether (sulfide) groups is 1. The van der Waals surface area contributed by atoms with E-state index in [9.17, 15) is 14.4 Å². The first kappa shape index (κ1) is 26.8. The van der Waals surface area contributed by atoms with Crippen molar-refractivity contribution in [1.82, 2.24) is 5.32 Å². The Labute approximate surface area is 216 Å². The number of aliphatic carboxylic acids is 1. The molecule has 0 aliphatic rings. The minimum absolute atomic E-state index is 0.00862. The zero-order chi connectivity index (χ0) is 26.2. The van der Waals surface area contributed by atoms with Crippen LogP contribution in [-0.4, -0.2) is 29.1 Å². The summed E-state index contributed by atoms with van der Waals surface area (Å²) in [6.07, 6.45) is 2.08. The number of aryl methyl sites for hydroxylation is 4. The molecule has 7 heteroatoms. The summed E-state index contributed by atoms with van der Waals surface area (Å²) in [7, 11) is 0. The van der Waals surface area contributed by atoms with Gasteiger partial charge in [0.05, 0.1) is 11.3 Å². The maximum atomic E-state index is 12.0. The van der Waals surface area contributed by atoms with Gasteiger partial charge in [0.25, 0.3) is 5.24 Å². The summed E-state index contributed by atoms with van der Waals surface area (Å²) in [6, 6.07) is 20.6. The number of carbonyl (C=O) groups excluding carboxylic acids is 2. The minimum atomic E-state index is -0.998. The summed E-state index contributed by atoms with van der Waals surface area (Å²) in [5.41, 5.74) is 8.62. The molecular formula is C29H30N2O4S. The Hall–Kier alpha value is -3.84. The summed E-state index contributed by atoms with van der Waals surface area (Å²) in [5, 5.41) is 10.7. The van der Waals surface area contributed by atoms with Crippen molar-refractivity contribution >= 4 is 52.4 Å². The molecule has 2 N–H and O–H groups in total. The predicted octanol–water partition coefficient (Wildman–Crippen LogP) is 6.85. The van der Waals surface area contributed by atoms with E-state index in [1.54, 1.807) is 6.08 Å². The van der Waals surface area contributed by atoms with Gasteiger partial charge in [0.1, 0.15) is 0 Å². The van der Waals surface area contributed by atoms with Crippen LogP contribution in [0.5, 0.6) is 0 Å². The lowest BCUT2D eigenvalue weighted by atomic mass is 10.0. The van der Waals surface area contributed by atoms with E-state index in [0.717, 1.165) is 45.5 Å². The maximum absolute atomic E-state index is 12.0. The normalized spacial score (nSPS) is 11.2. The third-order valence-electron chi connectivity index (χ3n) is 5.58. The van der Waals surface area contributed by atoms with Gasteiger partial charge in [-0.2, -0.15) is 0 Å². The second-order valence-electron chi connectivity index (χ2n) is 8.63. The fourth-order valence-electron chi connectivity index (χ4n) is 3.91. The molecule has 0 atom stereocenters. The molecule has 0 aliphatic heterocycles. The van der Waals surface area contributed by atoms with Gasteiger partial charge in [-0.05, 0) is 86.5 Å². The van der Waals surface area contributed by atoms with Crippen LogP contribution in [-0.2, 0) is 9.59 Å². The van der Waals surface area contributed by atoms with Gasteiger partial charge < -0.3 is 15.3 Å². The highest BCUT2D eigenvalue weighted by molar-refractivity contribution is 8.17. The second-order valence-corrected chi connectivity index (χ2v) is 9.68. The van der Waals surface area contributed by atoms with E-state index >= 15 is 0 Å². The van der Waals surface area contributed by atoms with Crippen molar-refractivity contribution in [2.45, 2.75) is 34.1 Å². The maximum Gasteiger partial charge on any atom is 0.305 e. The number of benzene rings is 3. The van der Waals surface area contributed by atoms with Crippen LogP contribution in [0.25, 0.3) is 6.08 Å². The topological polar surface area (TPSA) is 86.7 Å². The van der Waals surface area contributed by atoms with Crippen molar-refractivity contribution in [3.8, 4) is 0 Å². The third-order valence-corrected chi connectivity index (χ3v) is 6.36. The Kier molecular flexibility index (Phi) is 9.08. The predicted molar refractivity (Wildman–Crippen MR) is 147 cm³/mol. The molecule has 1 amide bonds. The summed E-state index contributed by atoms with van der Waals surface area (Å²) in [6.45, 7) is 8.37. The molecule has 6 nitrogen and oxygen atoms in total. The van der Waals surface area contributed by atoms with Crippen LogP contribution in [0.4, 0.5) is 21.9 Å². The lowest BCUT2D eigenvalue weighted by Crippen LogP contribution is -2.22. The van der Waals surface area contributed by atoms with Gasteiger partial charge in [-0.15, -0.1) is 0 Å². The van der Waals surface area contributed by atoms with Crippen LogP contribution in [0.3, 0.4) is 0 Å². The number of carbonyl (C=O) groups is 3. The largest absolute Gasteiger partial charge is 0.481 e. The SMILES string of the molecule is Cc1ccc(N(c2ccc(/C=C(\C=O)SC(=O)NCCC(=O)O)cc2)c2ccc(C)cc2C)c(C)c1. The molecule has 0 saturated carbocycles. The van der Waals surface area contributed by atoms with Crippen LogP contribution in [0.2, 0.25) is 0 Å². The third kappa shape index (κ3) is 7.09. The molecule has 0 fully saturated rings. The molecule has 0 aromatic heterocycles. The fourth-order valence-corrected chi connectivity index (χ4v) is 4.54. The Morgan fingerprint density at radius 1 is 0.889 bits per heavy atom. The van der Waals surface area contributed by atoms with E-state index in [2.05, 4.69) is 74.3 Å². The van der Waals surface area contributed by atoms with Crippen molar-refractivity contribution in [2.75, 3.05) is 11.4 Å². The van der Waals surface area contributed by atoms with Crippen molar-refractivity contribution in [2.24, 2.45) is 0 Å². The minimum Gasteiger partial charge on any atom is -0.481 e. The molecule has 186 valence electrons. The molecule has 0 aliphatic carbocycles. The second kappa shape index (κ2) is 12.2. The first-order valence-corrected chi connectivity index (χ1v) is 12.4. The van der Waals surface area contributed by atoms with E-state index in [-0.39, 0.29) is 17.9 Å². The average Bonchev–Trinajstić information content (AvgIpc) is 2.82. The monoisotopic (exact) mass is 502 g/mol. The molecule has 0 saturated heterocycles. The number of nitrogens with one attached hydrogen (secondary N) is 1. The van der Waals surface area contributed by atoms with Crippen LogP contribution in [0.1, 0.15) is 34.2 Å². The van der Waals surface area contributed by atoms with Gasteiger partial charge in [0.2, 0.25) is 0 Å². The number of anilines is 3. The number of allylic oxidation sites excluding steroid dienone is 1. The van der Waals surface area contributed by atoms with Crippen molar-refractivity contribution < 1.29 is 19.5 Å². The highest BCUT2D eigenvalue weighted by atomic mass is 32.2. The zero-order valence-corrected chi connectivity index (χ0v) is 21.7. The molecule has 0 bridgehead atoms. The summed E-state index contributed by atoms with van der Waals surface area (Å²) >= 11 is 0.742. The summed E-state index contributed by atoms with van der Waals surface area (Å²) < 4.78 is 0. The highest BCUT2D eigenvalue weighted by Gasteiger charge is 2.17. The molecule has 3 rings (SSSR count). The van der Waals surface area contributed by atoms with Gasteiger partial charge in [-0.25, -0.2) is 0 Å². The van der Waals surface area contributed by atoms with Gasteiger partial charge in [-0.3, -0.25) is 14.4 Å². The Morgan fingerprint density at radius 2 is 1.44 bits per heavy atom. The van der Waals surface area contributed by atoms with E-state index in [0.29, 0.717) is 6.29 Å². The summed E-state index contributed by atoms with van der Waals surface area (Å²) in [5.74, 6) is -0.998. The van der Waals surface area contributed by atoms with Crippen LogP contribution < -0.4 is 10.2 Å². The molecule has 3 aromatic carbocycles. The number of rotatable bonds is 9. The van der Waals surface area contributed by atoms with E-state index in [1.165, 1.54) is 11.1 Å². The molecular weight excluding hydrogens is 472 g/mol. The van der Waals surface area contributed by atoms with Gasteiger partial charge in [0, 0.05) is 23.6 Å². The number of nitrogens with zero attached hydrogens (tertiary/aromatic N) is 1. The van der Waals surface area contributed by atoms with Gasteiger partial charge in [-0.1, -0.05) is 47.5 Å². The number of hydrogen-bond donors (Lipinski definition) is 2. The first-order chi connectivity index (χ1) is 17.2. The molecule has 0 spiro atoms. The van der Waals surface area contributed by atoms with Gasteiger partial charge >= 0.3 is 5.97 Å².